The van der Waals surface area contributed by atoms with E-state index in [0.717, 1.165) is 12.0 Å². The second-order valence-corrected chi connectivity index (χ2v) is 4.91. The highest BCUT2D eigenvalue weighted by Crippen LogP contribution is 2.39. The smallest absolute Gasteiger partial charge is 0.0621 e. The van der Waals surface area contributed by atoms with E-state index < -0.39 is 0 Å². The molecule has 1 heterocycles. The van der Waals surface area contributed by atoms with E-state index in [1.807, 2.05) is 0 Å². The van der Waals surface area contributed by atoms with Gasteiger partial charge in [0.15, 0.2) is 0 Å². The molecule has 2 fully saturated rings. The Morgan fingerprint density at radius 1 is 1.15 bits per heavy atom. The van der Waals surface area contributed by atoms with Gasteiger partial charge in [0, 0.05) is 6.04 Å². The summed E-state index contributed by atoms with van der Waals surface area (Å²) in [5.41, 5.74) is 0. The van der Waals surface area contributed by atoms with E-state index in [4.69, 9.17) is 4.74 Å². The summed E-state index contributed by atoms with van der Waals surface area (Å²) < 4.78 is 5.96. The summed E-state index contributed by atoms with van der Waals surface area (Å²) in [6, 6.07) is 0.745. The van der Waals surface area contributed by atoms with Gasteiger partial charge in [-0.25, -0.2) is 0 Å². The quantitative estimate of drug-likeness (QED) is 0.648. The Bertz CT molecular complexity index is 167. The Labute approximate surface area is 81.3 Å². The molecule has 1 saturated heterocycles. The van der Waals surface area contributed by atoms with Gasteiger partial charge in [-0.05, 0) is 52.6 Å². The van der Waals surface area contributed by atoms with E-state index in [0.29, 0.717) is 12.2 Å². The average Bonchev–Trinajstić information content (AvgIpc) is 2.85. The molecular formula is C11H21NO. The molecule has 1 saturated carbocycles. The topological polar surface area (TPSA) is 12.5 Å². The van der Waals surface area contributed by atoms with Gasteiger partial charge in [0.2, 0.25) is 0 Å². The van der Waals surface area contributed by atoms with Crippen LogP contribution in [0.4, 0.5) is 0 Å². The molecule has 0 aromatic carbocycles. The molecule has 0 aromatic rings. The van der Waals surface area contributed by atoms with Crippen molar-refractivity contribution in [2.24, 2.45) is 5.92 Å². The van der Waals surface area contributed by atoms with Crippen molar-refractivity contribution in [2.75, 3.05) is 14.1 Å². The minimum Gasteiger partial charge on any atom is -0.375 e. The van der Waals surface area contributed by atoms with Gasteiger partial charge in [-0.3, -0.25) is 0 Å². The van der Waals surface area contributed by atoms with E-state index in [2.05, 4.69) is 25.9 Å². The van der Waals surface area contributed by atoms with Crippen LogP contribution in [0, 0.1) is 5.92 Å². The lowest BCUT2D eigenvalue weighted by Gasteiger charge is -2.37. The lowest BCUT2D eigenvalue weighted by atomic mass is 9.96. The Balaban J connectivity index is 1.92. The van der Waals surface area contributed by atoms with E-state index >= 15 is 0 Å². The fourth-order valence-electron chi connectivity index (χ4n) is 2.35. The Hall–Kier alpha value is -0.0800. The number of ether oxygens (including phenoxy) is 1. The molecule has 13 heavy (non-hydrogen) atoms. The molecule has 0 spiro atoms. The van der Waals surface area contributed by atoms with Crippen molar-refractivity contribution in [3.8, 4) is 0 Å². The molecule has 0 bridgehead atoms. The summed E-state index contributed by atoms with van der Waals surface area (Å²) in [4.78, 5) is 2.36. The standard InChI is InChI=1S/C11H21NO/c1-8-6-10(12(2)3)7-11(13-8)9-4-5-9/h8-11H,4-7H2,1-3H3/t8-,10+,11-/m1/s1. The van der Waals surface area contributed by atoms with E-state index in [-0.39, 0.29) is 0 Å². The molecule has 1 aliphatic heterocycles. The molecule has 0 aromatic heterocycles. The summed E-state index contributed by atoms with van der Waals surface area (Å²) in [5, 5.41) is 0. The normalized spacial score (nSPS) is 41.1. The van der Waals surface area contributed by atoms with Crippen LogP contribution in [0.2, 0.25) is 0 Å². The maximum absolute atomic E-state index is 5.96. The molecule has 3 atom stereocenters. The molecule has 1 aliphatic carbocycles. The molecule has 0 radical (unpaired) electrons. The third-order valence-electron chi connectivity index (χ3n) is 3.39. The predicted molar refractivity (Wildman–Crippen MR) is 53.8 cm³/mol. The zero-order chi connectivity index (χ0) is 9.42. The Morgan fingerprint density at radius 3 is 2.38 bits per heavy atom. The largest absolute Gasteiger partial charge is 0.375 e. The Kier molecular flexibility index (Phi) is 2.61. The van der Waals surface area contributed by atoms with Crippen LogP contribution in [0.5, 0.6) is 0 Å². The van der Waals surface area contributed by atoms with Gasteiger partial charge in [0.25, 0.3) is 0 Å². The van der Waals surface area contributed by atoms with Crippen LogP contribution in [0.1, 0.15) is 32.6 Å². The molecular weight excluding hydrogens is 162 g/mol. The molecule has 2 nitrogen and oxygen atoms in total. The molecule has 0 amide bonds. The van der Waals surface area contributed by atoms with Crippen LogP contribution < -0.4 is 0 Å². The molecule has 0 unspecified atom stereocenters. The van der Waals surface area contributed by atoms with Gasteiger partial charge in [-0.15, -0.1) is 0 Å². The first-order valence-corrected chi connectivity index (χ1v) is 5.48. The number of nitrogens with zero attached hydrogens (tertiary/aromatic N) is 1. The van der Waals surface area contributed by atoms with Crippen LogP contribution in [-0.4, -0.2) is 37.2 Å². The van der Waals surface area contributed by atoms with Gasteiger partial charge >= 0.3 is 0 Å². The molecule has 2 rings (SSSR count). The number of hydrogen-bond donors (Lipinski definition) is 0. The molecule has 2 heteroatoms. The highest BCUT2D eigenvalue weighted by Gasteiger charge is 2.38. The number of rotatable bonds is 2. The molecule has 0 N–H and O–H groups in total. The second kappa shape index (κ2) is 3.58. The van der Waals surface area contributed by atoms with Gasteiger partial charge in [-0.1, -0.05) is 0 Å². The molecule has 76 valence electrons. The third-order valence-corrected chi connectivity index (χ3v) is 3.39. The van der Waals surface area contributed by atoms with Gasteiger partial charge in [0.05, 0.1) is 12.2 Å². The summed E-state index contributed by atoms with van der Waals surface area (Å²) in [6.45, 7) is 2.21. The summed E-state index contributed by atoms with van der Waals surface area (Å²) in [5.74, 6) is 0.894. The molecule has 2 aliphatic rings. The fourth-order valence-corrected chi connectivity index (χ4v) is 2.35. The van der Waals surface area contributed by atoms with Gasteiger partial charge in [0.1, 0.15) is 0 Å². The van der Waals surface area contributed by atoms with Gasteiger partial charge < -0.3 is 9.64 Å². The highest BCUT2D eigenvalue weighted by molar-refractivity contribution is 4.89. The van der Waals surface area contributed by atoms with E-state index in [9.17, 15) is 0 Å². The van der Waals surface area contributed by atoms with Crippen LogP contribution in [-0.2, 0) is 4.74 Å². The second-order valence-electron chi connectivity index (χ2n) is 4.91. The van der Waals surface area contributed by atoms with Crippen LogP contribution in [0.25, 0.3) is 0 Å². The summed E-state index contributed by atoms with van der Waals surface area (Å²) in [6.07, 6.45) is 6.29. The van der Waals surface area contributed by atoms with Crippen LogP contribution >= 0.6 is 0 Å². The van der Waals surface area contributed by atoms with Crippen LogP contribution in [0.15, 0.2) is 0 Å². The lowest BCUT2D eigenvalue weighted by Crippen LogP contribution is -2.42. The first kappa shape index (κ1) is 9.47. The number of hydrogen-bond acceptors (Lipinski definition) is 2. The maximum Gasteiger partial charge on any atom is 0.0621 e. The van der Waals surface area contributed by atoms with E-state index in [1.165, 1.54) is 25.7 Å². The van der Waals surface area contributed by atoms with Crippen molar-refractivity contribution in [1.29, 1.82) is 0 Å². The minimum atomic E-state index is 0.465. The summed E-state index contributed by atoms with van der Waals surface area (Å²) >= 11 is 0. The lowest BCUT2D eigenvalue weighted by molar-refractivity contribution is -0.0763. The van der Waals surface area contributed by atoms with Crippen molar-refractivity contribution >= 4 is 0 Å². The average molecular weight is 183 g/mol. The van der Waals surface area contributed by atoms with Gasteiger partial charge in [-0.2, -0.15) is 0 Å². The Morgan fingerprint density at radius 2 is 1.85 bits per heavy atom. The first-order chi connectivity index (χ1) is 6.16. The zero-order valence-electron chi connectivity index (χ0n) is 8.99. The highest BCUT2D eigenvalue weighted by atomic mass is 16.5. The van der Waals surface area contributed by atoms with Crippen LogP contribution in [0.3, 0.4) is 0 Å². The van der Waals surface area contributed by atoms with E-state index in [1.54, 1.807) is 0 Å². The predicted octanol–water partition coefficient (Wildman–Crippen LogP) is 1.89. The SMILES string of the molecule is C[C@@H]1C[C@H](N(C)C)C[C@H](C2CC2)O1. The summed E-state index contributed by atoms with van der Waals surface area (Å²) in [7, 11) is 4.37. The minimum absolute atomic E-state index is 0.465. The zero-order valence-corrected chi connectivity index (χ0v) is 8.99. The third kappa shape index (κ3) is 2.23. The van der Waals surface area contributed by atoms with Crippen molar-refractivity contribution in [3.63, 3.8) is 0 Å². The van der Waals surface area contributed by atoms with Crippen molar-refractivity contribution < 1.29 is 4.74 Å². The maximum atomic E-state index is 5.96. The van der Waals surface area contributed by atoms with Crippen molar-refractivity contribution in [1.82, 2.24) is 4.90 Å². The van der Waals surface area contributed by atoms with Crippen molar-refractivity contribution in [2.45, 2.75) is 50.9 Å². The monoisotopic (exact) mass is 183 g/mol. The first-order valence-electron chi connectivity index (χ1n) is 5.48. The fraction of sp³-hybridized carbons (Fsp3) is 1.00. The van der Waals surface area contributed by atoms with Crippen molar-refractivity contribution in [3.05, 3.63) is 0 Å².